The van der Waals surface area contributed by atoms with E-state index in [4.69, 9.17) is 14.9 Å². The second-order valence-corrected chi connectivity index (χ2v) is 13.1. The number of hydrogen-bond donors (Lipinski definition) is 3. The number of rotatable bonds is 12. The van der Waals surface area contributed by atoms with Crippen LogP contribution in [0.25, 0.3) is 0 Å². The number of carbonyl (C=O) groups excluding carboxylic acids is 2. The molecule has 1 aromatic rings. The predicted octanol–water partition coefficient (Wildman–Crippen LogP) is 5.99. The molecule has 7 nitrogen and oxygen atoms in total. The fraction of sp³-hybridized carbons (Fsp3) is 0.667. The lowest BCUT2D eigenvalue weighted by atomic mass is 9.55. The Morgan fingerprint density at radius 2 is 1.95 bits per heavy atom. The minimum absolute atomic E-state index is 0.201. The van der Waals surface area contributed by atoms with Gasteiger partial charge in [-0.1, -0.05) is 31.4 Å². The first-order chi connectivity index (χ1) is 19.5. The van der Waals surface area contributed by atoms with Gasteiger partial charge in [-0.2, -0.15) is 0 Å². The molecule has 6 atom stereocenters. The summed E-state index contributed by atoms with van der Waals surface area (Å²) in [4.78, 5) is 25.6. The summed E-state index contributed by atoms with van der Waals surface area (Å²) < 4.78 is 11.4. The zero-order valence-corrected chi connectivity index (χ0v) is 23.9. The first-order valence-corrected chi connectivity index (χ1v) is 15.7. The van der Waals surface area contributed by atoms with Gasteiger partial charge in [-0.05, 0) is 111 Å². The zero-order valence-electron chi connectivity index (χ0n) is 23.9. The van der Waals surface area contributed by atoms with Crippen LogP contribution >= 0.6 is 0 Å². The third-order valence-electron chi connectivity index (χ3n) is 10.8. The summed E-state index contributed by atoms with van der Waals surface area (Å²) in [5.41, 5.74) is 2.52. The molecule has 5 aliphatic rings. The maximum absolute atomic E-state index is 13.8. The Morgan fingerprint density at radius 1 is 1.10 bits per heavy atom. The normalized spacial score (nSPS) is 32.5. The molecule has 6 unspecified atom stereocenters. The van der Waals surface area contributed by atoms with Crippen LogP contribution in [0.2, 0.25) is 0 Å². The number of ether oxygens (including phenoxy) is 2. The van der Waals surface area contributed by atoms with Crippen molar-refractivity contribution in [2.24, 2.45) is 35.0 Å². The Bertz CT molecular complexity index is 1160. The molecule has 3 bridgehead atoms. The summed E-state index contributed by atoms with van der Waals surface area (Å²) in [6.07, 6.45) is 14.6. The molecule has 40 heavy (non-hydrogen) atoms. The van der Waals surface area contributed by atoms with Gasteiger partial charge in [0.1, 0.15) is 5.57 Å². The number of anilines is 1. The van der Waals surface area contributed by atoms with Crippen LogP contribution in [0.1, 0.15) is 83.1 Å². The number of nitrogens with one attached hydrogen (secondary N) is 3. The number of aryl methyl sites for hydroxylation is 1. The number of fused-ring (bicyclic) bond motifs is 2. The molecule has 0 saturated heterocycles. The lowest BCUT2D eigenvalue weighted by Gasteiger charge is -2.50. The smallest absolute Gasteiger partial charge is 0.306 e. The average molecular weight is 548 g/mol. The maximum atomic E-state index is 13.8. The second kappa shape index (κ2) is 11.6. The summed E-state index contributed by atoms with van der Waals surface area (Å²) in [5, 5.41) is 15.0. The predicted molar refractivity (Wildman–Crippen MR) is 155 cm³/mol. The van der Waals surface area contributed by atoms with Crippen molar-refractivity contribution in [2.45, 2.75) is 90.0 Å². The van der Waals surface area contributed by atoms with Gasteiger partial charge in [0.25, 0.3) is 5.91 Å². The van der Waals surface area contributed by atoms with E-state index in [1.165, 1.54) is 51.4 Å². The Kier molecular flexibility index (Phi) is 7.91. The highest BCUT2D eigenvalue weighted by atomic mass is 16.5. The maximum Gasteiger partial charge on any atom is 0.306 e. The molecule has 6 rings (SSSR count). The van der Waals surface area contributed by atoms with Crippen molar-refractivity contribution in [1.82, 2.24) is 5.32 Å². The van der Waals surface area contributed by atoms with E-state index in [1.54, 1.807) is 0 Å². The van der Waals surface area contributed by atoms with Gasteiger partial charge in [0, 0.05) is 24.4 Å². The van der Waals surface area contributed by atoms with Gasteiger partial charge in [0.05, 0.1) is 13.2 Å². The van der Waals surface area contributed by atoms with Crippen LogP contribution in [0.4, 0.5) is 5.69 Å². The highest BCUT2D eigenvalue weighted by Crippen LogP contribution is 2.75. The lowest BCUT2D eigenvalue weighted by Crippen LogP contribution is -2.51. The number of hydrogen-bond acceptors (Lipinski definition) is 6. The Hall–Kier alpha value is -2.83. The fourth-order valence-corrected chi connectivity index (χ4v) is 9.11. The number of benzene rings is 1. The average Bonchev–Trinajstić information content (AvgIpc) is 3.25. The summed E-state index contributed by atoms with van der Waals surface area (Å²) in [6.45, 7) is 2.73. The monoisotopic (exact) mass is 547 g/mol. The van der Waals surface area contributed by atoms with Gasteiger partial charge in [0.15, 0.2) is 0 Å². The molecule has 0 aromatic heterocycles. The van der Waals surface area contributed by atoms with Crippen LogP contribution in [-0.4, -0.2) is 37.3 Å². The lowest BCUT2D eigenvalue weighted by molar-refractivity contribution is -0.143. The first kappa shape index (κ1) is 27.3. The van der Waals surface area contributed by atoms with Crippen molar-refractivity contribution in [3.05, 3.63) is 41.3 Å². The number of amides is 1. The highest BCUT2D eigenvalue weighted by Gasteiger charge is 2.70. The second-order valence-electron chi connectivity index (χ2n) is 13.1. The standard InChI is InChI=1S/C33H45N3O4/c1-2-39-29(37)12-11-21-9-6-10-26(15-21)35-32(40-20-22-7-4-3-5-8-22)27(19-34)31(38)36-30-24-13-23-14-25-16-28(30)33(25,17-23)18-24/h6,9-10,15,19,22-25,28,30,34-35H,2-5,7-8,11-14,16-18,20H2,1H3,(H,36,38)/b32-27-,34-19?. The van der Waals surface area contributed by atoms with Gasteiger partial charge >= 0.3 is 5.97 Å². The largest absolute Gasteiger partial charge is 0.478 e. The summed E-state index contributed by atoms with van der Waals surface area (Å²) in [5.74, 6) is 3.30. The van der Waals surface area contributed by atoms with Crippen LogP contribution < -0.4 is 10.6 Å². The quantitative estimate of drug-likeness (QED) is 0.129. The van der Waals surface area contributed by atoms with E-state index in [2.05, 4.69) is 10.6 Å². The van der Waals surface area contributed by atoms with Crippen molar-refractivity contribution in [3.8, 4) is 0 Å². The fourth-order valence-electron chi connectivity index (χ4n) is 9.11. The van der Waals surface area contributed by atoms with E-state index < -0.39 is 0 Å². The van der Waals surface area contributed by atoms with Crippen molar-refractivity contribution in [1.29, 1.82) is 5.41 Å². The van der Waals surface area contributed by atoms with Crippen LogP contribution in [0.5, 0.6) is 0 Å². The molecule has 216 valence electrons. The molecule has 0 aliphatic heterocycles. The van der Waals surface area contributed by atoms with Crippen molar-refractivity contribution in [2.75, 3.05) is 18.5 Å². The SMILES string of the molecule is CCOC(=O)CCc1cccc(N/C(OCC2CCCCC2)=C(\C=N)C(=O)NC2C3CC4CC5CC2C5(C4)C3)c1. The molecule has 1 amide bonds. The zero-order chi connectivity index (χ0) is 27.7. The molecule has 3 N–H and O–H groups in total. The molecule has 0 heterocycles. The van der Waals surface area contributed by atoms with Crippen LogP contribution in [0, 0.1) is 40.4 Å². The van der Waals surface area contributed by atoms with Gasteiger partial charge in [0.2, 0.25) is 5.88 Å². The Labute approximate surface area is 238 Å². The Morgan fingerprint density at radius 3 is 2.75 bits per heavy atom. The van der Waals surface area contributed by atoms with Crippen molar-refractivity contribution < 1.29 is 19.1 Å². The van der Waals surface area contributed by atoms with E-state index in [9.17, 15) is 9.59 Å². The summed E-state index contributed by atoms with van der Waals surface area (Å²) in [7, 11) is 0. The van der Waals surface area contributed by atoms with E-state index in [0.717, 1.165) is 42.1 Å². The number of esters is 1. The van der Waals surface area contributed by atoms with Gasteiger partial charge in [-0.3, -0.25) is 9.59 Å². The molecular weight excluding hydrogens is 502 g/mol. The molecule has 1 aromatic carbocycles. The van der Waals surface area contributed by atoms with E-state index in [-0.39, 0.29) is 23.5 Å². The number of carbonyl (C=O) groups is 2. The van der Waals surface area contributed by atoms with E-state index >= 15 is 0 Å². The van der Waals surface area contributed by atoms with Gasteiger partial charge < -0.3 is 25.5 Å². The third-order valence-corrected chi connectivity index (χ3v) is 10.8. The summed E-state index contributed by atoms with van der Waals surface area (Å²) >= 11 is 0. The summed E-state index contributed by atoms with van der Waals surface area (Å²) in [6, 6.07) is 8.05. The van der Waals surface area contributed by atoms with Gasteiger partial charge in [-0.15, -0.1) is 0 Å². The molecule has 0 radical (unpaired) electrons. The van der Waals surface area contributed by atoms with E-state index in [0.29, 0.717) is 55.1 Å². The molecule has 5 aliphatic carbocycles. The minimum Gasteiger partial charge on any atom is -0.478 e. The highest BCUT2D eigenvalue weighted by molar-refractivity contribution is 6.12. The van der Waals surface area contributed by atoms with E-state index in [1.807, 2.05) is 31.2 Å². The minimum atomic E-state index is -0.206. The van der Waals surface area contributed by atoms with Crippen LogP contribution in [-0.2, 0) is 25.5 Å². The molecule has 5 fully saturated rings. The third kappa shape index (κ3) is 5.28. The van der Waals surface area contributed by atoms with Crippen molar-refractivity contribution >= 4 is 23.8 Å². The van der Waals surface area contributed by atoms with Gasteiger partial charge in [-0.25, -0.2) is 0 Å². The molecule has 5 saturated carbocycles. The topological polar surface area (TPSA) is 101 Å². The molecular formula is C33H45N3O4. The molecule has 7 heteroatoms. The molecule has 1 spiro atoms. The van der Waals surface area contributed by atoms with Crippen LogP contribution in [0.15, 0.2) is 35.7 Å². The van der Waals surface area contributed by atoms with Crippen LogP contribution in [0.3, 0.4) is 0 Å². The van der Waals surface area contributed by atoms with Crippen molar-refractivity contribution in [3.63, 3.8) is 0 Å². The Balaban J connectivity index is 1.19. The first-order valence-electron chi connectivity index (χ1n) is 15.7.